The van der Waals surface area contributed by atoms with Gasteiger partial charge in [0.15, 0.2) is 0 Å². The first-order chi connectivity index (χ1) is 10.5. The number of hydrogen-bond donors (Lipinski definition) is 2. The second-order valence-electron chi connectivity index (χ2n) is 5.36. The molecule has 7 heteroatoms. The molecule has 1 aromatic carbocycles. The molecule has 3 rings (SSSR count). The normalized spacial score (nSPS) is 23.7. The molecule has 2 atom stereocenters. The summed E-state index contributed by atoms with van der Waals surface area (Å²) in [4.78, 5) is 23.0. The number of guanidine groups is 1. The molecule has 0 aliphatic carbocycles. The Balaban J connectivity index is 2.10. The molecule has 1 amide bonds. The Hall–Kier alpha value is -2.28. The van der Waals surface area contributed by atoms with E-state index < -0.39 is 5.91 Å². The molecule has 2 aliphatic rings. The number of aliphatic imine (C=N–C) groups is 2. The van der Waals surface area contributed by atoms with Gasteiger partial charge >= 0.3 is 0 Å². The summed E-state index contributed by atoms with van der Waals surface area (Å²) in [6.07, 6.45) is 0. The van der Waals surface area contributed by atoms with E-state index in [1.165, 1.54) is 11.8 Å². The van der Waals surface area contributed by atoms with E-state index in [2.05, 4.69) is 4.99 Å². The van der Waals surface area contributed by atoms with Crippen molar-refractivity contribution in [3.05, 3.63) is 46.5 Å². The molecule has 0 aromatic heterocycles. The largest absolute Gasteiger partial charge is 0.400 e. The molecule has 2 heterocycles. The van der Waals surface area contributed by atoms with Crippen molar-refractivity contribution in [2.24, 2.45) is 27.4 Å². The number of hydrogen-bond acceptors (Lipinski definition) is 6. The van der Waals surface area contributed by atoms with Crippen LogP contribution < -0.4 is 11.5 Å². The van der Waals surface area contributed by atoms with Crippen LogP contribution in [-0.4, -0.2) is 35.9 Å². The Morgan fingerprint density at radius 1 is 1.27 bits per heavy atom. The molecule has 6 nitrogen and oxygen atoms in total. The fourth-order valence-electron chi connectivity index (χ4n) is 2.55. The summed E-state index contributed by atoms with van der Waals surface area (Å²) in [5, 5.41) is 0.777. The fraction of sp³-hybridized carbons (Fsp3) is 0.267. The lowest BCUT2D eigenvalue weighted by atomic mass is 9.90. The van der Waals surface area contributed by atoms with Crippen LogP contribution >= 0.6 is 11.8 Å². The van der Waals surface area contributed by atoms with Gasteiger partial charge in [-0.2, -0.15) is 0 Å². The Morgan fingerprint density at radius 3 is 2.55 bits per heavy atom. The molecule has 2 aliphatic heterocycles. The van der Waals surface area contributed by atoms with Crippen molar-refractivity contribution in [3.8, 4) is 0 Å². The minimum atomic E-state index is -0.516. The monoisotopic (exact) mass is 315 g/mol. The van der Waals surface area contributed by atoms with Gasteiger partial charge in [0, 0.05) is 19.8 Å². The minimum Gasteiger partial charge on any atom is -0.400 e. The smallest absolute Gasteiger partial charge is 0.257 e. The third-order valence-electron chi connectivity index (χ3n) is 3.62. The van der Waals surface area contributed by atoms with E-state index in [-0.39, 0.29) is 12.0 Å². The van der Waals surface area contributed by atoms with Gasteiger partial charge in [-0.3, -0.25) is 4.79 Å². The molecule has 22 heavy (non-hydrogen) atoms. The molecule has 2 unspecified atom stereocenters. The molecular formula is C15H17N5OS. The molecule has 1 aromatic rings. The first-order valence-electron chi connectivity index (χ1n) is 6.85. The molecular weight excluding hydrogens is 298 g/mol. The lowest BCUT2D eigenvalue weighted by Crippen LogP contribution is -2.32. The van der Waals surface area contributed by atoms with Crippen LogP contribution in [0.15, 0.2) is 50.9 Å². The van der Waals surface area contributed by atoms with Crippen molar-refractivity contribution < 1.29 is 4.79 Å². The van der Waals surface area contributed by atoms with E-state index in [0.717, 1.165) is 10.6 Å². The van der Waals surface area contributed by atoms with Gasteiger partial charge < -0.3 is 16.4 Å². The molecule has 0 saturated heterocycles. The number of thioether (sulfide) groups is 1. The maximum atomic E-state index is 11.6. The van der Waals surface area contributed by atoms with E-state index in [4.69, 9.17) is 16.5 Å². The third kappa shape index (κ3) is 2.37. The predicted octanol–water partition coefficient (Wildman–Crippen LogP) is 1.08. The van der Waals surface area contributed by atoms with E-state index in [0.29, 0.717) is 16.6 Å². The van der Waals surface area contributed by atoms with Gasteiger partial charge in [-0.05, 0) is 5.56 Å². The topological polar surface area (TPSA) is 97.1 Å². The standard InChI is InChI=1S/C15H17N5OS/c1-20(2)15-18-11(8-6-4-3-5-7-8)9-10(16)12(13(17)21)22-14(9)19-15/h3-7,9,11H,16H2,1-2H3,(H2,17,21). The van der Waals surface area contributed by atoms with Crippen LogP contribution in [0, 0.1) is 5.92 Å². The SMILES string of the molecule is CN(C)C1=NC(c2ccccc2)C2C(=N1)SC(C(N)=O)=C2N. The van der Waals surface area contributed by atoms with Crippen LogP contribution in [0.5, 0.6) is 0 Å². The highest BCUT2D eigenvalue weighted by atomic mass is 32.2. The second-order valence-corrected chi connectivity index (χ2v) is 6.39. The average Bonchev–Trinajstić information content (AvgIpc) is 2.84. The van der Waals surface area contributed by atoms with Gasteiger partial charge in [-0.15, -0.1) is 0 Å². The van der Waals surface area contributed by atoms with E-state index in [1.54, 1.807) is 0 Å². The quantitative estimate of drug-likeness (QED) is 0.853. The Morgan fingerprint density at radius 2 is 1.95 bits per heavy atom. The van der Waals surface area contributed by atoms with Gasteiger partial charge in [0.1, 0.15) is 0 Å². The van der Waals surface area contributed by atoms with Gasteiger partial charge in [0.05, 0.1) is 21.9 Å². The molecule has 0 bridgehead atoms. The number of benzene rings is 1. The number of amides is 1. The third-order valence-corrected chi connectivity index (χ3v) is 4.81. The maximum Gasteiger partial charge on any atom is 0.257 e. The highest BCUT2D eigenvalue weighted by Gasteiger charge is 2.42. The van der Waals surface area contributed by atoms with Crippen molar-refractivity contribution in [2.45, 2.75) is 6.04 Å². The van der Waals surface area contributed by atoms with Crippen molar-refractivity contribution in [3.63, 3.8) is 0 Å². The lowest BCUT2D eigenvalue weighted by molar-refractivity contribution is -0.113. The van der Waals surface area contributed by atoms with Gasteiger partial charge in [-0.25, -0.2) is 9.98 Å². The second kappa shape index (κ2) is 5.49. The van der Waals surface area contributed by atoms with Crippen molar-refractivity contribution in [1.29, 1.82) is 0 Å². The van der Waals surface area contributed by atoms with Crippen molar-refractivity contribution >= 4 is 28.7 Å². The van der Waals surface area contributed by atoms with Gasteiger partial charge in [0.2, 0.25) is 5.96 Å². The van der Waals surface area contributed by atoms with Crippen LogP contribution in [0.4, 0.5) is 0 Å². The van der Waals surface area contributed by atoms with Crippen molar-refractivity contribution in [2.75, 3.05) is 14.1 Å². The molecule has 0 saturated carbocycles. The van der Waals surface area contributed by atoms with Crippen molar-refractivity contribution in [1.82, 2.24) is 4.90 Å². The Kier molecular flexibility index (Phi) is 3.66. The molecule has 4 N–H and O–H groups in total. The number of primary amides is 1. The highest BCUT2D eigenvalue weighted by molar-refractivity contribution is 8.18. The van der Waals surface area contributed by atoms with E-state index in [1.807, 2.05) is 49.3 Å². The summed E-state index contributed by atoms with van der Waals surface area (Å²) < 4.78 is 0. The van der Waals surface area contributed by atoms with Gasteiger partial charge in [0.25, 0.3) is 5.91 Å². The lowest BCUT2D eigenvalue weighted by Gasteiger charge is -2.27. The minimum absolute atomic E-state index is 0.199. The summed E-state index contributed by atoms with van der Waals surface area (Å²) in [5.74, 6) is -0.123. The molecule has 0 fully saturated rings. The molecule has 114 valence electrons. The fourth-order valence-corrected chi connectivity index (χ4v) is 3.62. The van der Waals surface area contributed by atoms with Crippen LogP contribution in [0.1, 0.15) is 11.6 Å². The molecule has 0 spiro atoms. The summed E-state index contributed by atoms with van der Waals surface area (Å²) in [6.45, 7) is 0. The number of carbonyl (C=O) groups is 1. The number of fused-ring (bicyclic) bond motifs is 1. The van der Waals surface area contributed by atoms with Crippen LogP contribution in [0.2, 0.25) is 0 Å². The number of nitrogens with two attached hydrogens (primary N) is 2. The zero-order chi connectivity index (χ0) is 15.9. The number of nitrogens with zero attached hydrogens (tertiary/aromatic N) is 3. The zero-order valence-electron chi connectivity index (χ0n) is 12.4. The maximum absolute atomic E-state index is 11.6. The summed E-state index contributed by atoms with van der Waals surface area (Å²) in [6, 6.07) is 9.69. The van der Waals surface area contributed by atoms with E-state index in [9.17, 15) is 4.79 Å². The highest BCUT2D eigenvalue weighted by Crippen LogP contribution is 2.45. The van der Waals surface area contributed by atoms with Gasteiger partial charge in [-0.1, -0.05) is 42.1 Å². The zero-order valence-corrected chi connectivity index (χ0v) is 13.2. The summed E-state index contributed by atoms with van der Waals surface area (Å²) in [7, 11) is 3.77. The van der Waals surface area contributed by atoms with Crippen LogP contribution in [0.3, 0.4) is 0 Å². The molecule has 0 radical (unpaired) electrons. The Labute approximate surface area is 133 Å². The number of carbonyl (C=O) groups excluding carboxylic acids is 1. The van der Waals surface area contributed by atoms with Crippen LogP contribution in [-0.2, 0) is 4.79 Å². The summed E-state index contributed by atoms with van der Waals surface area (Å²) in [5.41, 5.74) is 13.1. The van der Waals surface area contributed by atoms with Crippen LogP contribution in [0.25, 0.3) is 0 Å². The first-order valence-corrected chi connectivity index (χ1v) is 7.66. The number of rotatable bonds is 2. The predicted molar refractivity (Wildman–Crippen MR) is 89.2 cm³/mol. The summed E-state index contributed by atoms with van der Waals surface area (Å²) >= 11 is 1.25. The van der Waals surface area contributed by atoms with E-state index >= 15 is 0 Å². The first kappa shape index (κ1) is 14.6. The average molecular weight is 315 g/mol. The Bertz CT molecular complexity index is 708.